The van der Waals surface area contributed by atoms with Gasteiger partial charge in [0.05, 0.1) is 5.31 Å². The van der Waals surface area contributed by atoms with Crippen LogP contribution in [0.3, 0.4) is 0 Å². The second-order valence-electron chi connectivity index (χ2n) is 6.27. The molecule has 1 aromatic heterocycles. The first kappa shape index (κ1) is 15.3. The third-order valence-electron chi connectivity index (χ3n) is 4.65. The number of hydrogen-bond donors (Lipinski definition) is 0. The highest BCUT2D eigenvalue weighted by Gasteiger charge is 2.17. The molecule has 0 saturated heterocycles. The van der Waals surface area contributed by atoms with Crippen LogP contribution in [0, 0.1) is 0 Å². The zero-order valence-electron chi connectivity index (χ0n) is 14.1. The van der Waals surface area contributed by atoms with E-state index in [-0.39, 0.29) is 0 Å². The van der Waals surface area contributed by atoms with Crippen LogP contribution in [0.1, 0.15) is 12.0 Å². The summed E-state index contributed by atoms with van der Waals surface area (Å²) in [6, 6.07) is 26.8. The van der Waals surface area contributed by atoms with Crippen LogP contribution >= 0.6 is 8.01 Å². The van der Waals surface area contributed by atoms with E-state index in [1.54, 1.807) is 0 Å². The Morgan fingerprint density at radius 2 is 1.23 bits per heavy atom. The molecule has 0 N–H and O–H groups in total. The van der Waals surface area contributed by atoms with Gasteiger partial charge in [0.25, 0.3) is 8.01 Å². The number of hydrogen-bond acceptors (Lipinski definition) is 2. The van der Waals surface area contributed by atoms with E-state index >= 15 is 0 Å². The summed E-state index contributed by atoms with van der Waals surface area (Å²) in [6.07, 6.45) is 5.26. The summed E-state index contributed by atoms with van der Waals surface area (Å²) in [6.45, 7) is 0. The molecule has 0 amide bonds. The van der Waals surface area contributed by atoms with Gasteiger partial charge in [-0.25, -0.2) is 0 Å². The number of allylic oxidation sites excluding steroid dienone is 4. The van der Waals surface area contributed by atoms with Crippen LogP contribution in [0.15, 0.2) is 99.4 Å². The third kappa shape index (κ3) is 2.60. The zero-order chi connectivity index (χ0) is 17.3. The maximum Gasteiger partial charge on any atom is 0.253 e. The monoisotopic (exact) mass is 356 g/mol. The molecular formula is C23H17O2P. The maximum absolute atomic E-state index is 6.41. The summed E-state index contributed by atoms with van der Waals surface area (Å²) in [5.41, 5.74) is 4.27. The van der Waals surface area contributed by atoms with Crippen molar-refractivity contribution in [2.75, 3.05) is 0 Å². The van der Waals surface area contributed by atoms with Gasteiger partial charge in [0.2, 0.25) is 0 Å². The lowest BCUT2D eigenvalue weighted by Gasteiger charge is -2.05. The van der Waals surface area contributed by atoms with E-state index in [0.29, 0.717) is 0 Å². The fraction of sp³-hybridized carbons (Fsp3) is 0.0435. The first-order valence-corrected chi connectivity index (χ1v) is 9.87. The van der Waals surface area contributed by atoms with E-state index in [9.17, 15) is 0 Å². The van der Waals surface area contributed by atoms with Crippen molar-refractivity contribution < 1.29 is 8.39 Å². The van der Waals surface area contributed by atoms with Gasteiger partial charge in [-0.1, -0.05) is 72.8 Å². The van der Waals surface area contributed by atoms with Crippen LogP contribution in [0.25, 0.3) is 32.8 Å². The molecular weight excluding hydrogens is 339 g/mol. The average Bonchev–Trinajstić information content (AvgIpc) is 3.12. The lowest BCUT2D eigenvalue weighted by Crippen LogP contribution is -1.80. The van der Waals surface area contributed by atoms with Crippen LogP contribution in [-0.4, -0.2) is 0 Å². The Hall–Kier alpha value is -2.96. The topological polar surface area (TPSA) is 26.3 Å². The summed E-state index contributed by atoms with van der Waals surface area (Å²) in [5, 5.41) is 3.31. The molecule has 4 aromatic rings. The van der Waals surface area contributed by atoms with Gasteiger partial charge < -0.3 is 8.39 Å². The van der Waals surface area contributed by atoms with Crippen molar-refractivity contribution >= 4 is 40.8 Å². The first-order valence-electron chi connectivity index (χ1n) is 8.70. The predicted molar refractivity (Wildman–Crippen MR) is 110 cm³/mol. The fourth-order valence-electron chi connectivity index (χ4n) is 3.40. The largest absolute Gasteiger partial charge is 0.416 e. The van der Waals surface area contributed by atoms with Gasteiger partial charge >= 0.3 is 0 Å². The maximum atomic E-state index is 6.41. The second kappa shape index (κ2) is 6.40. The van der Waals surface area contributed by atoms with E-state index in [4.69, 9.17) is 8.39 Å². The van der Waals surface area contributed by atoms with Crippen LogP contribution in [0.5, 0.6) is 0 Å². The Balaban J connectivity index is 1.85. The van der Waals surface area contributed by atoms with Gasteiger partial charge in [0, 0.05) is 10.8 Å². The molecule has 0 fully saturated rings. The summed E-state index contributed by atoms with van der Waals surface area (Å²) in [5.74, 6) is 0. The number of para-hydroxylation sites is 2. The molecule has 0 radical (unpaired) electrons. The summed E-state index contributed by atoms with van der Waals surface area (Å²) < 4.78 is 12.8. The Morgan fingerprint density at radius 3 is 1.88 bits per heavy atom. The van der Waals surface area contributed by atoms with Crippen molar-refractivity contribution in [1.82, 2.24) is 0 Å². The van der Waals surface area contributed by atoms with E-state index in [1.165, 1.54) is 11.1 Å². The first-order chi connectivity index (χ1) is 12.9. The van der Waals surface area contributed by atoms with Gasteiger partial charge in [-0.15, -0.1) is 0 Å². The molecule has 0 bridgehead atoms. The third-order valence-corrected chi connectivity index (χ3v) is 6.19. The number of rotatable bonds is 2. The van der Waals surface area contributed by atoms with Gasteiger partial charge in [-0.05, 0) is 35.8 Å². The van der Waals surface area contributed by atoms with Crippen LogP contribution in [-0.2, 0) is 0 Å². The van der Waals surface area contributed by atoms with Crippen LogP contribution in [0.4, 0.5) is 0 Å². The second-order valence-corrected chi connectivity index (χ2v) is 7.63. The van der Waals surface area contributed by atoms with E-state index in [1.807, 2.05) is 42.5 Å². The highest BCUT2D eigenvalue weighted by Crippen LogP contribution is 2.49. The van der Waals surface area contributed by atoms with Gasteiger partial charge in [-0.3, -0.25) is 0 Å². The Morgan fingerprint density at radius 1 is 0.654 bits per heavy atom. The van der Waals surface area contributed by atoms with E-state index in [2.05, 4.69) is 48.6 Å². The molecule has 3 heteroatoms. The lowest BCUT2D eigenvalue weighted by atomic mass is 10.1. The van der Waals surface area contributed by atoms with E-state index in [0.717, 1.165) is 33.7 Å². The molecule has 26 heavy (non-hydrogen) atoms. The fourth-order valence-corrected chi connectivity index (χ4v) is 4.98. The Labute approximate surface area is 152 Å². The van der Waals surface area contributed by atoms with Crippen molar-refractivity contribution in [3.63, 3.8) is 0 Å². The van der Waals surface area contributed by atoms with Gasteiger partial charge in [-0.2, -0.15) is 0 Å². The molecule has 0 unspecified atom stereocenters. The zero-order valence-corrected chi connectivity index (χ0v) is 15.0. The summed E-state index contributed by atoms with van der Waals surface area (Å²) >= 11 is 0. The molecule has 0 saturated carbocycles. The highest BCUT2D eigenvalue weighted by molar-refractivity contribution is 7.50. The molecule has 0 aliphatic heterocycles. The minimum absolute atomic E-state index is 0.878. The van der Waals surface area contributed by atoms with E-state index < -0.39 is 8.01 Å². The summed E-state index contributed by atoms with van der Waals surface area (Å²) in [4.78, 5) is 0. The normalized spacial score (nSPS) is 13.7. The molecule has 0 atom stereocenters. The molecule has 1 heterocycles. The van der Waals surface area contributed by atoms with Crippen molar-refractivity contribution in [2.45, 2.75) is 6.42 Å². The smallest absolute Gasteiger partial charge is 0.253 e. The van der Waals surface area contributed by atoms with Gasteiger partial charge in [0.15, 0.2) is 0 Å². The molecule has 126 valence electrons. The molecule has 1 aliphatic rings. The standard InChI is InChI=1S/C23H17O2P/c1-2-9-17(10-3-1)18-13-8-16-23(18)26-24-21-14-6-4-11-19(21)20-12-5-7-15-22(20)25-26/h1-12,14-16H,13H2. The predicted octanol–water partition coefficient (Wildman–Crippen LogP) is 7.62. The average molecular weight is 356 g/mol. The van der Waals surface area contributed by atoms with Crippen molar-refractivity contribution in [1.29, 1.82) is 0 Å². The van der Waals surface area contributed by atoms with Crippen LogP contribution < -0.4 is 0 Å². The van der Waals surface area contributed by atoms with Crippen LogP contribution in [0.2, 0.25) is 0 Å². The SMILES string of the molecule is C1=CC(p2oc3ccccc3c3ccccc3o2)=C(c2ccccc2)C1. The Bertz CT molecular complexity index is 1140. The molecule has 3 aromatic carbocycles. The van der Waals surface area contributed by atoms with Crippen molar-refractivity contribution in [2.24, 2.45) is 0 Å². The molecule has 0 spiro atoms. The minimum Gasteiger partial charge on any atom is -0.416 e. The molecule has 2 nitrogen and oxygen atoms in total. The number of fused-ring (bicyclic) bond motifs is 3. The Kier molecular flexibility index (Phi) is 3.77. The van der Waals surface area contributed by atoms with Crippen molar-refractivity contribution in [3.05, 3.63) is 96.6 Å². The van der Waals surface area contributed by atoms with Gasteiger partial charge in [0.1, 0.15) is 11.2 Å². The number of benzene rings is 3. The lowest BCUT2D eigenvalue weighted by molar-refractivity contribution is 0.652. The molecule has 1 aliphatic carbocycles. The minimum atomic E-state index is -1.24. The van der Waals surface area contributed by atoms with Crippen molar-refractivity contribution in [3.8, 4) is 0 Å². The highest BCUT2D eigenvalue weighted by atomic mass is 31.1. The summed E-state index contributed by atoms with van der Waals surface area (Å²) in [7, 11) is -1.24. The molecule has 5 rings (SSSR count). The quantitative estimate of drug-likeness (QED) is 0.369.